The molecule has 5 nitrogen and oxygen atoms in total. The zero-order valence-corrected chi connectivity index (χ0v) is 9.32. The van der Waals surface area contributed by atoms with E-state index in [2.05, 4.69) is 15.2 Å². The van der Waals surface area contributed by atoms with Crippen LogP contribution in [0.3, 0.4) is 0 Å². The van der Waals surface area contributed by atoms with E-state index in [1.807, 2.05) is 40.8 Å². The highest BCUT2D eigenvalue weighted by molar-refractivity contribution is 5.79. The molecule has 0 saturated heterocycles. The average Bonchev–Trinajstić information content (AvgIpc) is 3.07. The highest BCUT2D eigenvalue weighted by Crippen LogP contribution is 2.22. The van der Waals surface area contributed by atoms with Gasteiger partial charge in [-0.1, -0.05) is 12.1 Å². The number of benzene rings is 1. The predicted molar refractivity (Wildman–Crippen MR) is 66.0 cm³/mol. The molecule has 5 heteroatoms. The second-order valence-corrected chi connectivity index (χ2v) is 3.94. The van der Waals surface area contributed by atoms with Crippen LogP contribution in [0.4, 0.5) is 0 Å². The third-order valence-electron chi connectivity index (χ3n) is 2.87. The van der Waals surface area contributed by atoms with Crippen molar-refractivity contribution in [3.63, 3.8) is 0 Å². The van der Waals surface area contributed by atoms with Crippen LogP contribution in [0.5, 0.6) is 0 Å². The summed E-state index contributed by atoms with van der Waals surface area (Å²) in [6, 6.07) is 11.6. The zero-order chi connectivity index (χ0) is 11.9. The van der Waals surface area contributed by atoms with E-state index in [-0.39, 0.29) is 0 Å². The number of fused-ring (bicyclic) bond motifs is 3. The van der Waals surface area contributed by atoms with E-state index >= 15 is 0 Å². The van der Waals surface area contributed by atoms with Gasteiger partial charge in [0, 0.05) is 0 Å². The molecule has 0 spiro atoms. The summed E-state index contributed by atoms with van der Waals surface area (Å²) < 4.78 is 7.34. The summed E-state index contributed by atoms with van der Waals surface area (Å²) in [6.07, 6.45) is 3.33. The minimum Gasteiger partial charge on any atom is -0.461 e. The molecule has 0 aliphatic carbocycles. The number of hydrogen-bond donors (Lipinski definition) is 0. The van der Waals surface area contributed by atoms with Gasteiger partial charge in [0.15, 0.2) is 11.4 Å². The molecule has 0 unspecified atom stereocenters. The number of furan rings is 1. The van der Waals surface area contributed by atoms with Crippen LogP contribution in [-0.4, -0.2) is 19.6 Å². The van der Waals surface area contributed by atoms with Crippen LogP contribution >= 0.6 is 0 Å². The van der Waals surface area contributed by atoms with Crippen LogP contribution in [0.15, 0.2) is 53.3 Å². The summed E-state index contributed by atoms with van der Waals surface area (Å²) in [5.41, 5.74) is 2.57. The molecule has 4 rings (SSSR count). The van der Waals surface area contributed by atoms with Crippen molar-refractivity contribution < 1.29 is 4.42 Å². The van der Waals surface area contributed by atoms with Crippen LogP contribution in [-0.2, 0) is 0 Å². The molecule has 0 saturated carbocycles. The second kappa shape index (κ2) is 3.40. The van der Waals surface area contributed by atoms with Crippen molar-refractivity contribution in [1.29, 1.82) is 0 Å². The van der Waals surface area contributed by atoms with Gasteiger partial charge in [0.1, 0.15) is 0 Å². The van der Waals surface area contributed by atoms with Gasteiger partial charge in [-0.3, -0.25) is 9.38 Å². The zero-order valence-electron chi connectivity index (χ0n) is 9.32. The average molecular weight is 236 g/mol. The lowest BCUT2D eigenvalue weighted by atomic mass is 10.3. The lowest BCUT2D eigenvalue weighted by Gasteiger charge is -2.01. The third kappa shape index (κ3) is 1.18. The summed E-state index contributed by atoms with van der Waals surface area (Å²) in [5.74, 6) is 1.38. The Kier molecular flexibility index (Phi) is 1.77. The van der Waals surface area contributed by atoms with Gasteiger partial charge >= 0.3 is 0 Å². The molecular formula is C13H8N4O. The summed E-state index contributed by atoms with van der Waals surface area (Å²) in [6.45, 7) is 0. The molecule has 3 heterocycles. The SMILES string of the molecule is c1coc(-c2nnc3cnc4ccccc4n23)c1. The fourth-order valence-electron chi connectivity index (χ4n) is 2.07. The molecule has 0 aliphatic rings. The maximum Gasteiger partial charge on any atom is 0.204 e. The Labute approximate surface area is 102 Å². The summed E-state index contributed by atoms with van der Waals surface area (Å²) >= 11 is 0. The monoisotopic (exact) mass is 236 g/mol. The Hall–Kier alpha value is -2.69. The van der Waals surface area contributed by atoms with E-state index in [0.717, 1.165) is 11.0 Å². The van der Waals surface area contributed by atoms with Crippen molar-refractivity contribution in [3.8, 4) is 11.6 Å². The first kappa shape index (κ1) is 9.35. The second-order valence-electron chi connectivity index (χ2n) is 3.94. The molecule has 0 N–H and O–H groups in total. The predicted octanol–water partition coefficient (Wildman–Crippen LogP) is 2.54. The minimum absolute atomic E-state index is 0.689. The number of aromatic nitrogens is 4. The molecule has 0 radical (unpaired) electrons. The Morgan fingerprint density at radius 1 is 1.00 bits per heavy atom. The molecule has 1 aromatic carbocycles. The minimum atomic E-state index is 0.689. The van der Waals surface area contributed by atoms with E-state index < -0.39 is 0 Å². The molecule has 4 aromatic rings. The summed E-state index contributed by atoms with van der Waals surface area (Å²) in [7, 11) is 0. The van der Waals surface area contributed by atoms with Gasteiger partial charge in [-0.25, -0.2) is 0 Å². The van der Waals surface area contributed by atoms with Crippen LogP contribution < -0.4 is 0 Å². The number of nitrogens with zero attached hydrogens (tertiary/aromatic N) is 4. The van der Waals surface area contributed by atoms with Gasteiger partial charge < -0.3 is 4.42 Å². The van der Waals surface area contributed by atoms with Gasteiger partial charge in [0.05, 0.1) is 23.5 Å². The van der Waals surface area contributed by atoms with Crippen molar-refractivity contribution >= 4 is 16.7 Å². The van der Waals surface area contributed by atoms with E-state index in [9.17, 15) is 0 Å². The van der Waals surface area contributed by atoms with Gasteiger partial charge in [-0.2, -0.15) is 0 Å². The largest absolute Gasteiger partial charge is 0.461 e. The molecule has 0 aliphatic heterocycles. The first-order valence-electron chi connectivity index (χ1n) is 5.56. The third-order valence-corrected chi connectivity index (χ3v) is 2.87. The normalized spacial score (nSPS) is 11.3. The molecule has 86 valence electrons. The lowest BCUT2D eigenvalue weighted by Crippen LogP contribution is -1.92. The number of para-hydroxylation sites is 2. The van der Waals surface area contributed by atoms with E-state index in [0.29, 0.717) is 17.2 Å². The quantitative estimate of drug-likeness (QED) is 0.509. The van der Waals surface area contributed by atoms with Crippen LogP contribution in [0.25, 0.3) is 28.3 Å². The van der Waals surface area contributed by atoms with Crippen molar-refractivity contribution in [2.75, 3.05) is 0 Å². The number of rotatable bonds is 1. The molecule has 0 atom stereocenters. The molecule has 0 bridgehead atoms. The molecule has 0 fully saturated rings. The fraction of sp³-hybridized carbons (Fsp3) is 0. The number of hydrogen-bond acceptors (Lipinski definition) is 4. The molecule has 0 amide bonds. The summed E-state index contributed by atoms with van der Waals surface area (Å²) in [5, 5.41) is 8.28. The van der Waals surface area contributed by atoms with Crippen molar-refractivity contribution in [1.82, 2.24) is 19.6 Å². The molecular weight excluding hydrogens is 228 g/mol. The fourth-order valence-corrected chi connectivity index (χ4v) is 2.07. The van der Waals surface area contributed by atoms with Crippen LogP contribution in [0.2, 0.25) is 0 Å². The molecule has 18 heavy (non-hydrogen) atoms. The van der Waals surface area contributed by atoms with E-state index in [1.165, 1.54) is 0 Å². The first-order valence-corrected chi connectivity index (χ1v) is 5.56. The maximum absolute atomic E-state index is 5.39. The standard InChI is InChI=1S/C13H8N4O/c1-2-5-10-9(4-1)14-8-12-15-16-13(17(10)12)11-6-3-7-18-11/h1-8H. The van der Waals surface area contributed by atoms with Crippen molar-refractivity contribution in [2.24, 2.45) is 0 Å². The van der Waals surface area contributed by atoms with Gasteiger partial charge in [0.25, 0.3) is 0 Å². The first-order chi connectivity index (χ1) is 8.93. The smallest absolute Gasteiger partial charge is 0.204 e. The maximum atomic E-state index is 5.39. The Balaban J connectivity index is 2.19. The Bertz CT molecular complexity index is 833. The highest BCUT2D eigenvalue weighted by Gasteiger charge is 2.12. The van der Waals surface area contributed by atoms with Gasteiger partial charge in [0.2, 0.25) is 5.82 Å². The van der Waals surface area contributed by atoms with E-state index in [1.54, 1.807) is 12.5 Å². The van der Waals surface area contributed by atoms with E-state index in [4.69, 9.17) is 4.42 Å². The lowest BCUT2D eigenvalue weighted by molar-refractivity contribution is 0.576. The topological polar surface area (TPSA) is 56.2 Å². The van der Waals surface area contributed by atoms with Gasteiger partial charge in [-0.15, -0.1) is 10.2 Å². The van der Waals surface area contributed by atoms with Crippen molar-refractivity contribution in [3.05, 3.63) is 48.9 Å². The molecule has 3 aromatic heterocycles. The van der Waals surface area contributed by atoms with Crippen molar-refractivity contribution in [2.45, 2.75) is 0 Å². The van der Waals surface area contributed by atoms with Crippen LogP contribution in [0.1, 0.15) is 0 Å². The Morgan fingerprint density at radius 2 is 1.94 bits per heavy atom. The van der Waals surface area contributed by atoms with Gasteiger partial charge in [-0.05, 0) is 24.3 Å². The summed E-state index contributed by atoms with van der Waals surface area (Å²) in [4.78, 5) is 4.35. The highest BCUT2D eigenvalue weighted by atomic mass is 16.3. The van der Waals surface area contributed by atoms with Crippen LogP contribution in [0, 0.1) is 0 Å². The Morgan fingerprint density at radius 3 is 2.83 bits per heavy atom.